The van der Waals surface area contributed by atoms with Gasteiger partial charge in [0.25, 0.3) is 0 Å². The third-order valence-electron chi connectivity index (χ3n) is 5.48. The fraction of sp³-hybridized carbons (Fsp3) is 0.938. The molecule has 0 bridgehead atoms. The zero-order valence-electron chi connectivity index (χ0n) is 13.0. The highest BCUT2D eigenvalue weighted by Crippen LogP contribution is 2.38. The van der Waals surface area contributed by atoms with Crippen LogP contribution in [0.15, 0.2) is 0 Å². The van der Waals surface area contributed by atoms with E-state index in [-0.39, 0.29) is 5.91 Å². The van der Waals surface area contributed by atoms with Crippen LogP contribution in [-0.2, 0) is 4.79 Å². The lowest BCUT2D eigenvalue weighted by Crippen LogP contribution is -2.61. The Morgan fingerprint density at radius 3 is 2.55 bits per heavy atom. The van der Waals surface area contributed by atoms with Crippen molar-refractivity contribution < 1.29 is 4.79 Å². The van der Waals surface area contributed by atoms with Crippen LogP contribution in [0.4, 0.5) is 0 Å². The molecule has 0 aromatic rings. The molecule has 1 saturated heterocycles. The van der Waals surface area contributed by atoms with Crippen LogP contribution in [0.5, 0.6) is 0 Å². The maximum Gasteiger partial charge on any atom is 0.237 e. The topological polar surface area (TPSA) is 58.4 Å². The molecule has 3 N–H and O–H groups in total. The Morgan fingerprint density at radius 1 is 1.25 bits per heavy atom. The number of nitrogens with one attached hydrogen (secondary N) is 1. The van der Waals surface area contributed by atoms with E-state index in [1.54, 1.807) is 0 Å². The number of rotatable bonds is 4. The lowest BCUT2D eigenvalue weighted by atomic mass is 9.77. The molecule has 2 unspecified atom stereocenters. The molecule has 0 aromatic carbocycles. The van der Waals surface area contributed by atoms with Crippen molar-refractivity contribution in [3.05, 3.63) is 0 Å². The third kappa shape index (κ3) is 2.86. The van der Waals surface area contributed by atoms with Gasteiger partial charge in [-0.1, -0.05) is 13.8 Å². The molecule has 1 amide bonds. The van der Waals surface area contributed by atoms with E-state index in [1.807, 2.05) is 0 Å². The van der Waals surface area contributed by atoms with Crippen molar-refractivity contribution >= 4 is 5.91 Å². The number of hydrogen-bond acceptors (Lipinski definition) is 3. The van der Waals surface area contributed by atoms with E-state index in [1.165, 1.54) is 32.2 Å². The Hall–Kier alpha value is -0.610. The number of primary amides is 1. The molecular formula is C16H29N3O. The van der Waals surface area contributed by atoms with Crippen molar-refractivity contribution in [2.75, 3.05) is 13.1 Å². The molecule has 114 valence electrons. The van der Waals surface area contributed by atoms with E-state index in [9.17, 15) is 4.79 Å². The first-order valence-electron chi connectivity index (χ1n) is 8.22. The van der Waals surface area contributed by atoms with Gasteiger partial charge in [0.05, 0.1) is 5.54 Å². The van der Waals surface area contributed by atoms with Gasteiger partial charge in [0.15, 0.2) is 0 Å². The second-order valence-corrected chi connectivity index (χ2v) is 8.00. The van der Waals surface area contributed by atoms with Crippen LogP contribution < -0.4 is 11.1 Å². The summed E-state index contributed by atoms with van der Waals surface area (Å²) in [4.78, 5) is 14.7. The zero-order chi connectivity index (χ0) is 14.4. The van der Waals surface area contributed by atoms with Crippen LogP contribution in [-0.4, -0.2) is 41.5 Å². The highest BCUT2D eigenvalue weighted by molar-refractivity contribution is 5.85. The van der Waals surface area contributed by atoms with Gasteiger partial charge in [-0.15, -0.1) is 0 Å². The minimum Gasteiger partial charge on any atom is -0.368 e. The van der Waals surface area contributed by atoms with Gasteiger partial charge in [0, 0.05) is 18.6 Å². The minimum absolute atomic E-state index is 0.132. The average molecular weight is 279 g/mol. The standard InChI is InChI=1S/C16H29N3O/c1-15(2)8-9-19(11-15)13-4-3-7-16(10-13,14(17)20)18-12-5-6-12/h12-13,18H,3-11H2,1-2H3,(H2,17,20). The molecule has 1 heterocycles. The summed E-state index contributed by atoms with van der Waals surface area (Å²) in [5.74, 6) is -0.132. The number of carbonyl (C=O) groups is 1. The van der Waals surface area contributed by atoms with E-state index < -0.39 is 5.54 Å². The quantitative estimate of drug-likeness (QED) is 0.822. The van der Waals surface area contributed by atoms with E-state index in [0.29, 0.717) is 17.5 Å². The zero-order valence-corrected chi connectivity index (χ0v) is 13.0. The first kappa shape index (κ1) is 14.3. The van der Waals surface area contributed by atoms with Gasteiger partial charge in [-0.25, -0.2) is 0 Å². The van der Waals surface area contributed by atoms with E-state index in [0.717, 1.165) is 25.8 Å². The fourth-order valence-electron chi connectivity index (χ4n) is 4.07. The highest BCUT2D eigenvalue weighted by Gasteiger charge is 2.46. The number of nitrogens with zero attached hydrogens (tertiary/aromatic N) is 1. The predicted molar refractivity (Wildman–Crippen MR) is 80.3 cm³/mol. The lowest BCUT2D eigenvalue weighted by molar-refractivity contribution is -0.126. The molecule has 3 fully saturated rings. The first-order valence-corrected chi connectivity index (χ1v) is 8.22. The molecule has 2 atom stereocenters. The second-order valence-electron chi connectivity index (χ2n) is 8.00. The van der Waals surface area contributed by atoms with Crippen LogP contribution in [0, 0.1) is 5.41 Å². The van der Waals surface area contributed by atoms with E-state index >= 15 is 0 Å². The predicted octanol–water partition coefficient (Wildman–Crippen LogP) is 1.64. The molecule has 4 heteroatoms. The van der Waals surface area contributed by atoms with Crippen LogP contribution in [0.25, 0.3) is 0 Å². The molecule has 1 aliphatic heterocycles. The Balaban J connectivity index is 1.69. The third-order valence-corrected chi connectivity index (χ3v) is 5.48. The minimum atomic E-state index is -0.434. The van der Waals surface area contributed by atoms with Crippen molar-refractivity contribution in [3.63, 3.8) is 0 Å². The number of likely N-dealkylation sites (tertiary alicyclic amines) is 1. The number of hydrogen-bond donors (Lipinski definition) is 2. The average Bonchev–Trinajstić information content (AvgIpc) is 3.11. The van der Waals surface area contributed by atoms with Crippen molar-refractivity contribution in [1.29, 1.82) is 0 Å². The van der Waals surface area contributed by atoms with Crippen LogP contribution >= 0.6 is 0 Å². The molecule has 2 aliphatic carbocycles. The largest absolute Gasteiger partial charge is 0.368 e. The number of carbonyl (C=O) groups excluding carboxylic acids is 1. The summed E-state index contributed by atoms with van der Waals surface area (Å²) >= 11 is 0. The molecular weight excluding hydrogens is 250 g/mol. The van der Waals surface area contributed by atoms with Gasteiger partial charge < -0.3 is 11.1 Å². The van der Waals surface area contributed by atoms with Gasteiger partial charge in [0.2, 0.25) is 5.91 Å². The molecule has 2 saturated carbocycles. The van der Waals surface area contributed by atoms with Crippen LogP contribution in [0.1, 0.15) is 58.8 Å². The van der Waals surface area contributed by atoms with Crippen molar-refractivity contribution in [2.24, 2.45) is 11.1 Å². The van der Waals surface area contributed by atoms with Gasteiger partial charge in [-0.05, 0) is 56.9 Å². The summed E-state index contributed by atoms with van der Waals surface area (Å²) in [6.07, 6.45) is 7.85. The maximum absolute atomic E-state index is 12.1. The summed E-state index contributed by atoms with van der Waals surface area (Å²) in [5.41, 5.74) is 5.77. The fourth-order valence-corrected chi connectivity index (χ4v) is 4.07. The summed E-state index contributed by atoms with van der Waals surface area (Å²) in [7, 11) is 0. The Labute approximate surface area is 122 Å². The number of amides is 1. The molecule has 20 heavy (non-hydrogen) atoms. The summed E-state index contributed by atoms with van der Waals surface area (Å²) < 4.78 is 0. The molecule has 0 aromatic heterocycles. The normalized spacial score (nSPS) is 38.0. The summed E-state index contributed by atoms with van der Waals surface area (Å²) in [6.45, 7) is 7.03. The monoisotopic (exact) mass is 279 g/mol. The molecule has 0 spiro atoms. The van der Waals surface area contributed by atoms with Gasteiger partial charge >= 0.3 is 0 Å². The number of nitrogens with two attached hydrogens (primary N) is 1. The van der Waals surface area contributed by atoms with Crippen molar-refractivity contribution in [3.8, 4) is 0 Å². The van der Waals surface area contributed by atoms with Crippen molar-refractivity contribution in [1.82, 2.24) is 10.2 Å². The van der Waals surface area contributed by atoms with Crippen LogP contribution in [0.3, 0.4) is 0 Å². The Bertz CT molecular complexity index is 391. The molecule has 4 nitrogen and oxygen atoms in total. The van der Waals surface area contributed by atoms with E-state index in [4.69, 9.17) is 5.73 Å². The van der Waals surface area contributed by atoms with Gasteiger partial charge in [-0.2, -0.15) is 0 Å². The second kappa shape index (κ2) is 4.99. The Kier molecular flexibility index (Phi) is 3.57. The maximum atomic E-state index is 12.1. The summed E-state index contributed by atoms with van der Waals surface area (Å²) in [6, 6.07) is 1.07. The van der Waals surface area contributed by atoms with Crippen LogP contribution in [0.2, 0.25) is 0 Å². The smallest absolute Gasteiger partial charge is 0.237 e. The lowest BCUT2D eigenvalue weighted by Gasteiger charge is -2.43. The van der Waals surface area contributed by atoms with Gasteiger partial charge in [0.1, 0.15) is 0 Å². The van der Waals surface area contributed by atoms with Crippen molar-refractivity contribution in [2.45, 2.75) is 76.4 Å². The molecule has 3 aliphatic rings. The molecule has 0 radical (unpaired) electrons. The SMILES string of the molecule is CC1(C)CCN(C2CCCC(NC3CC3)(C(N)=O)C2)C1. The highest BCUT2D eigenvalue weighted by atomic mass is 16.1. The first-order chi connectivity index (χ1) is 9.40. The summed E-state index contributed by atoms with van der Waals surface area (Å²) in [5, 5.41) is 3.58. The Morgan fingerprint density at radius 2 is 2.00 bits per heavy atom. The molecule has 3 rings (SSSR count). The van der Waals surface area contributed by atoms with Gasteiger partial charge in [-0.3, -0.25) is 9.69 Å². The van der Waals surface area contributed by atoms with E-state index in [2.05, 4.69) is 24.1 Å².